The number of benzene rings is 1. The topological polar surface area (TPSA) is 64.6 Å². The number of hydrogen-bond acceptors (Lipinski definition) is 5. The second-order valence-electron chi connectivity index (χ2n) is 5.50. The second kappa shape index (κ2) is 8.66. The predicted molar refractivity (Wildman–Crippen MR) is 86.9 cm³/mol. The Balaban J connectivity index is 2.13. The number of halogens is 4. The second-order valence-corrected chi connectivity index (χ2v) is 6.30. The molecule has 1 fully saturated rings. The monoisotopic (exact) mass is 423 g/mol. The number of alkyl halides is 4. The van der Waals surface area contributed by atoms with Gasteiger partial charge in [0.1, 0.15) is 11.9 Å². The van der Waals surface area contributed by atoms with Crippen molar-refractivity contribution in [3.8, 4) is 5.75 Å². The summed E-state index contributed by atoms with van der Waals surface area (Å²) in [5.41, 5.74) is 0.524. The van der Waals surface area contributed by atoms with Gasteiger partial charge in [-0.15, -0.1) is 0 Å². The molecule has 5 nitrogen and oxygen atoms in total. The van der Waals surface area contributed by atoms with Gasteiger partial charge in [-0.1, -0.05) is 15.9 Å². The van der Waals surface area contributed by atoms with Crippen LogP contribution in [-0.2, 0) is 16.0 Å². The third-order valence-electron chi connectivity index (χ3n) is 3.66. The Morgan fingerprint density at radius 1 is 1.24 bits per heavy atom. The molecule has 0 atom stereocenters. The molecule has 0 amide bonds. The molecule has 138 valence electrons. The maximum Gasteiger partial charge on any atom is 0.491 e. The van der Waals surface area contributed by atoms with Crippen molar-refractivity contribution < 1.29 is 32.2 Å². The molecule has 0 spiro atoms. The van der Waals surface area contributed by atoms with Gasteiger partial charge in [0.15, 0.2) is 0 Å². The standard InChI is InChI=1S/C16H17BrF3NO4/c17-6-3-10-9-11(14(22)25-15(23)16(18,19)20)1-2-13(10)24-12-4-7-21-8-5-12/h1-2,9,12,21H,3-8H2. The highest BCUT2D eigenvalue weighted by Crippen LogP contribution is 2.25. The summed E-state index contributed by atoms with van der Waals surface area (Å²) >= 11 is 3.29. The minimum atomic E-state index is -5.22. The van der Waals surface area contributed by atoms with Crippen LogP contribution in [0.15, 0.2) is 18.2 Å². The van der Waals surface area contributed by atoms with Crippen LogP contribution in [0, 0.1) is 0 Å². The van der Waals surface area contributed by atoms with Crippen LogP contribution in [-0.4, -0.2) is 42.6 Å². The van der Waals surface area contributed by atoms with Gasteiger partial charge in [-0.2, -0.15) is 13.2 Å². The molecule has 1 N–H and O–H groups in total. The Bertz CT molecular complexity index is 630. The van der Waals surface area contributed by atoms with Crippen LogP contribution < -0.4 is 10.1 Å². The number of nitrogens with one attached hydrogen (secondary N) is 1. The smallest absolute Gasteiger partial charge is 0.490 e. The van der Waals surface area contributed by atoms with Crippen LogP contribution in [0.4, 0.5) is 13.2 Å². The molecule has 9 heteroatoms. The van der Waals surface area contributed by atoms with Gasteiger partial charge in [-0.05, 0) is 56.1 Å². The van der Waals surface area contributed by atoms with Crippen molar-refractivity contribution >= 4 is 27.9 Å². The summed E-state index contributed by atoms with van der Waals surface area (Å²) in [5, 5.41) is 3.80. The first-order valence-electron chi connectivity index (χ1n) is 7.71. The van der Waals surface area contributed by atoms with Crippen molar-refractivity contribution in [1.82, 2.24) is 5.32 Å². The van der Waals surface area contributed by atoms with E-state index in [1.807, 2.05) is 0 Å². The summed E-state index contributed by atoms with van der Waals surface area (Å²) in [5.74, 6) is -3.30. The zero-order chi connectivity index (χ0) is 18.4. The van der Waals surface area contributed by atoms with E-state index in [9.17, 15) is 22.8 Å². The van der Waals surface area contributed by atoms with Crippen LogP contribution >= 0.6 is 15.9 Å². The van der Waals surface area contributed by atoms with E-state index in [1.165, 1.54) is 18.2 Å². The van der Waals surface area contributed by atoms with E-state index >= 15 is 0 Å². The lowest BCUT2D eigenvalue weighted by molar-refractivity contribution is -0.193. The molecule has 25 heavy (non-hydrogen) atoms. The molecule has 0 aliphatic carbocycles. The molecule has 1 aromatic rings. The maximum atomic E-state index is 12.2. The number of carbonyl (C=O) groups excluding carboxylic acids is 2. The predicted octanol–water partition coefficient (Wildman–Crippen LogP) is 3.00. The minimum absolute atomic E-state index is 0.0416. The van der Waals surface area contributed by atoms with Gasteiger partial charge >= 0.3 is 18.1 Å². The van der Waals surface area contributed by atoms with Crippen molar-refractivity contribution in [3.63, 3.8) is 0 Å². The van der Waals surface area contributed by atoms with Crippen molar-refractivity contribution in [2.24, 2.45) is 0 Å². The van der Waals surface area contributed by atoms with Gasteiger partial charge < -0.3 is 14.8 Å². The van der Waals surface area contributed by atoms with Crippen LogP contribution in [0.25, 0.3) is 0 Å². The number of hydrogen-bond donors (Lipinski definition) is 1. The molecule has 2 rings (SSSR count). The molecule has 1 saturated heterocycles. The Hall–Kier alpha value is -1.61. The molecular formula is C16H17BrF3NO4. The summed E-state index contributed by atoms with van der Waals surface area (Å²) < 4.78 is 46.4. The first-order chi connectivity index (χ1) is 11.8. The number of ether oxygens (including phenoxy) is 2. The minimum Gasteiger partial charge on any atom is -0.490 e. The zero-order valence-electron chi connectivity index (χ0n) is 13.2. The molecule has 1 aliphatic rings. The van der Waals surface area contributed by atoms with Crippen molar-refractivity contribution in [2.45, 2.75) is 31.5 Å². The van der Waals surface area contributed by atoms with E-state index in [4.69, 9.17) is 4.74 Å². The Morgan fingerprint density at radius 2 is 1.92 bits per heavy atom. The summed E-state index contributed by atoms with van der Waals surface area (Å²) in [7, 11) is 0. The molecule has 1 aromatic carbocycles. The van der Waals surface area contributed by atoms with E-state index in [0.717, 1.165) is 25.9 Å². The fourth-order valence-electron chi connectivity index (χ4n) is 2.41. The normalized spacial score (nSPS) is 15.7. The molecule has 0 aromatic heterocycles. The van der Waals surface area contributed by atoms with Crippen molar-refractivity contribution in [2.75, 3.05) is 18.4 Å². The molecule has 1 heterocycles. The van der Waals surface area contributed by atoms with E-state index in [2.05, 4.69) is 26.0 Å². The van der Waals surface area contributed by atoms with Gasteiger partial charge in [-0.25, -0.2) is 9.59 Å². The van der Waals surface area contributed by atoms with Crippen LogP contribution in [0.3, 0.4) is 0 Å². The van der Waals surface area contributed by atoms with Crippen LogP contribution in [0.5, 0.6) is 5.75 Å². The lowest BCUT2D eigenvalue weighted by Crippen LogP contribution is -2.34. The van der Waals surface area contributed by atoms with Gasteiger partial charge in [0.05, 0.1) is 5.56 Å². The number of carbonyl (C=O) groups is 2. The number of piperidine rings is 1. The lowest BCUT2D eigenvalue weighted by Gasteiger charge is -2.25. The van der Waals surface area contributed by atoms with E-state index in [0.29, 0.717) is 23.1 Å². The van der Waals surface area contributed by atoms with E-state index < -0.39 is 18.1 Å². The first-order valence-corrected chi connectivity index (χ1v) is 8.83. The zero-order valence-corrected chi connectivity index (χ0v) is 14.8. The lowest BCUT2D eigenvalue weighted by atomic mass is 10.1. The summed E-state index contributed by atoms with van der Waals surface area (Å²) in [6, 6.07) is 4.21. The van der Waals surface area contributed by atoms with E-state index in [1.54, 1.807) is 0 Å². The van der Waals surface area contributed by atoms with Crippen LogP contribution in [0.2, 0.25) is 0 Å². The quantitative estimate of drug-likeness (QED) is 0.448. The highest BCUT2D eigenvalue weighted by atomic mass is 79.9. The molecule has 0 bridgehead atoms. The highest BCUT2D eigenvalue weighted by Gasteiger charge is 2.42. The fraction of sp³-hybridized carbons (Fsp3) is 0.500. The first kappa shape index (κ1) is 19.7. The third kappa shape index (κ3) is 5.71. The van der Waals surface area contributed by atoms with Crippen molar-refractivity contribution in [3.05, 3.63) is 29.3 Å². The van der Waals surface area contributed by atoms with Crippen LogP contribution in [0.1, 0.15) is 28.8 Å². The summed E-state index contributed by atoms with van der Waals surface area (Å²) in [6.45, 7) is 1.70. The Labute approximate surface area is 151 Å². The van der Waals surface area contributed by atoms with Gasteiger partial charge in [0, 0.05) is 5.33 Å². The number of rotatable bonds is 5. The Kier molecular flexibility index (Phi) is 6.83. The van der Waals surface area contributed by atoms with Crippen molar-refractivity contribution in [1.29, 1.82) is 0 Å². The third-order valence-corrected chi connectivity index (χ3v) is 4.05. The molecular weight excluding hydrogens is 407 g/mol. The number of aryl methyl sites for hydroxylation is 1. The average Bonchev–Trinajstić information content (AvgIpc) is 2.56. The van der Waals surface area contributed by atoms with Gasteiger partial charge in [-0.3, -0.25) is 0 Å². The fourth-order valence-corrected chi connectivity index (χ4v) is 2.84. The van der Waals surface area contributed by atoms with E-state index in [-0.39, 0.29) is 11.7 Å². The average molecular weight is 424 g/mol. The largest absolute Gasteiger partial charge is 0.491 e. The van der Waals surface area contributed by atoms with Gasteiger partial charge in [0.25, 0.3) is 0 Å². The Morgan fingerprint density at radius 3 is 2.52 bits per heavy atom. The molecule has 0 saturated carbocycles. The molecule has 1 aliphatic heterocycles. The SMILES string of the molecule is O=C(OC(=O)C(F)(F)F)c1ccc(OC2CCNCC2)c(CCBr)c1. The maximum absolute atomic E-state index is 12.2. The summed E-state index contributed by atoms with van der Waals surface area (Å²) in [6.07, 6.45) is -2.98. The summed E-state index contributed by atoms with van der Waals surface area (Å²) in [4.78, 5) is 22.5. The number of esters is 2. The highest BCUT2D eigenvalue weighted by molar-refractivity contribution is 9.09. The molecule has 0 radical (unpaired) electrons. The molecule has 0 unspecified atom stereocenters. The van der Waals surface area contributed by atoms with Gasteiger partial charge in [0.2, 0.25) is 0 Å².